The van der Waals surface area contributed by atoms with E-state index in [9.17, 15) is 9.59 Å². The first-order chi connectivity index (χ1) is 14.3. The first-order valence-electron chi connectivity index (χ1n) is 10.9. The lowest BCUT2D eigenvalue weighted by molar-refractivity contribution is -0.126. The number of carbonyl (C=O) groups is 2. The lowest BCUT2D eigenvalue weighted by atomic mass is 9.95. The van der Waals surface area contributed by atoms with E-state index in [2.05, 4.69) is 31.1 Å². The number of hydrogen-bond donors (Lipinski definition) is 1. The molecule has 4 rings (SSSR count). The van der Waals surface area contributed by atoms with Crippen LogP contribution >= 0.6 is 0 Å². The van der Waals surface area contributed by atoms with Gasteiger partial charge in [-0.05, 0) is 64.2 Å². The van der Waals surface area contributed by atoms with Crippen molar-refractivity contribution < 1.29 is 9.59 Å². The number of likely N-dealkylation sites (tertiary alicyclic amines) is 1. The lowest BCUT2D eigenvalue weighted by Gasteiger charge is -2.32. The van der Waals surface area contributed by atoms with E-state index in [1.165, 1.54) is 0 Å². The Balaban J connectivity index is 1.36. The van der Waals surface area contributed by atoms with Crippen molar-refractivity contribution in [1.82, 2.24) is 25.0 Å². The molecule has 0 bridgehead atoms. The largest absolute Gasteiger partial charge is 0.352 e. The zero-order valence-corrected chi connectivity index (χ0v) is 18.1. The number of carbonyl (C=O) groups excluding carboxylic acids is 2. The Morgan fingerprint density at radius 2 is 1.90 bits per heavy atom. The van der Waals surface area contributed by atoms with Gasteiger partial charge in [0.25, 0.3) is 5.91 Å². The van der Waals surface area contributed by atoms with Gasteiger partial charge in [-0.3, -0.25) is 19.3 Å². The van der Waals surface area contributed by atoms with E-state index in [0.717, 1.165) is 24.1 Å². The zero-order chi connectivity index (χ0) is 21.3. The molecule has 7 nitrogen and oxygen atoms in total. The zero-order valence-electron chi connectivity index (χ0n) is 18.1. The molecular weight excluding hydrogens is 378 g/mol. The molecule has 2 aromatic rings. The molecule has 0 spiro atoms. The van der Waals surface area contributed by atoms with Gasteiger partial charge in [0.1, 0.15) is 5.69 Å². The van der Waals surface area contributed by atoms with E-state index >= 15 is 0 Å². The van der Waals surface area contributed by atoms with Gasteiger partial charge >= 0.3 is 0 Å². The Hall–Kier alpha value is -2.70. The predicted molar refractivity (Wildman–Crippen MR) is 114 cm³/mol. The molecule has 2 aromatic heterocycles. The van der Waals surface area contributed by atoms with Crippen LogP contribution in [0.15, 0.2) is 30.6 Å². The first-order valence-corrected chi connectivity index (χ1v) is 10.9. The summed E-state index contributed by atoms with van der Waals surface area (Å²) in [6.07, 6.45) is 7.17. The van der Waals surface area contributed by atoms with Crippen molar-refractivity contribution in [1.29, 1.82) is 0 Å². The normalized spacial score (nSPS) is 17.8. The van der Waals surface area contributed by atoms with Gasteiger partial charge in [0.15, 0.2) is 0 Å². The maximum atomic E-state index is 13.3. The minimum atomic E-state index is -0.247. The number of nitrogens with one attached hydrogen (secondary N) is 1. The second-order valence-corrected chi connectivity index (χ2v) is 9.46. The van der Waals surface area contributed by atoms with Crippen LogP contribution in [0.3, 0.4) is 0 Å². The fourth-order valence-corrected chi connectivity index (χ4v) is 3.98. The van der Waals surface area contributed by atoms with E-state index in [1.807, 2.05) is 27.8 Å². The lowest BCUT2D eigenvalue weighted by Crippen LogP contribution is -2.44. The summed E-state index contributed by atoms with van der Waals surface area (Å²) in [6, 6.07) is 5.79. The van der Waals surface area contributed by atoms with Crippen LogP contribution in [0.5, 0.6) is 0 Å². The molecule has 160 valence electrons. The van der Waals surface area contributed by atoms with Crippen molar-refractivity contribution >= 4 is 11.8 Å². The van der Waals surface area contributed by atoms with Gasteiger partial charge in [0.05, 0.1) is 11.2 Å². The highest BCUT2D eigenvalue weighted by atomic mass is 16.2. The monoisotopic (exact) mass is 409 g/mol. The average molecular weight is 410 g/mol. The van der Waals surface area contributed by atoms with Crippen molar-refractivity contribution in [3.63, 3.8) is 0 Å². The molecule has 0 unspecified atom stereocenters. The van der Waals surface area contributed by atoms with Crippen LogP contribution in [0.4, 0.5) is 0 Å². The van der Waals surface area contributed by atoms with Gasteiger partial charge in [-0.1, -0.05) is 6.07 Å². The summed E-state index contributed by atoms with van der Waals surface area (Å²) in [5.41, 5.74) is 2.45. The van der Waals surface area contributed by atoms with Crippen molar-refractivity contribution in [2.45, 2.75) is 64.5 Å². The summed E-state index contributed by atoms with van der Waals surface area (Å²) in [7, 11) is 0. The topological polar surface area (TPSA) is 80.1 Å². The van der Waals surface area contributed by atoms with Gasteiger partial charge in [-0.25, -0.2) is 0 Å². The number of amides is 2. The number of rotatable bonds is 5. The van der Waals surface area contributed by atoms with Crippen LogP contribution in [-0.2, 0) is 16.9 Å². The maximum Gasteiger partial charge on any atom is 0.272 e. The van der Waals surface area contributed by atoms with Crippen molar-refractivity contribution in [2.24, 2.45) is 5.92 Å². The van der Waals surface area contributed by atoms with Crippen LogP contribution in [0.25, 0.3) is 0 Å². The van der Waals surface area contributed by atoms with Crippen molar-refractivity contribution in [3.8, 4) is 0 Å². The van der Waals surface area contributed by atoms with E-state index in [1.54, 1.807) is 12.4 Å². The molecule has 0 radical (unpaired) electrons. The third-order valence-electron chi connectivity index (χ3n) is 5.92. The summed E-state index contributed by atoms with van der Waals surface area (Å²) in [6.45, 7) is 7.90. The molecule has 0 aromatic carbocycles. The van der Waals surface area contributed by atoms with Crippen LogP contribution in [0.1, 0.15) is 74.1 Å². The average Bonchev–Trinajstić information content (AvgIpc) is 3.49. The second kappa shape index (κ2) is 8.20. The molecule has 1 aliphatic heterocycles. The Morgan fingerprint density at radius 1 is 1.17 bits per heavy atom. The van der Waals surface area contributed by atoms with E-state index in [4.69, 9.17) is 5.10 Å². The predicted octanol–water partition coefficient (Wildman–Crippen LogP) is 3.08. The molecular formula is C23H31N5O2. The number of aromatic nitrogens is 3. The van der Waals surface area contributed by atoms with Crippen LogP contribution in [0.2, 0.25) is 0 Å². The van der Waals surface area contributed by atoms with Crippen LogP contribution < -0.4 is 5.32 Å². The SMILES string of the molecule is CC(C)(C)n1nc(C2CC2)cc1C(=O)N1CCC(C(=O)NCc2cccnc2)CC1. The number of hydrogen-bond acceptors (Lipinski definition) is 4. The highest BCUT2D eigenvalue weighted by molar-refractivity contribution is 5.93. The molecule has 1 aliphatic carbocycles. The molecule has 2 fully saturated rings. The second-order valence-electron chi connectivity index (χ2n) is 9.46. The molecule has 3 heterocycles. The van der Waals surface area contributed by atoms with Crippen LogP contribution in [0, 0.1) is 5.92 Å². The van der Waals surface area contributed by atoms with Crippen LogP contribution in [-0.4, -0.2) is 44.6 Å². The summed E-state index contributed by atoms with van der Waals surface area (Å²) in [5, 5.41) is 7.76. The smallest absolute Gasteiger partial charge is 0.272 e. The molecule has 1 saturated carbocycles. The van der Waals surface area contributed by atoms with Crippen molar-refractivity contribution in [3.05, 3.63) is 47.5 Å². The maximum absolute atomic E-state index is 13.3. The van der Waals surface area contributed by atoms with Gasteiger partial charge in [0, 0.05) is 43.9 Å². The molecule has 30 heavy (non-hydrogen) atoms. The minimum Gasteiger partial charge on any atom is -0.352 e. The fourth-order valence-electron chi connectivity index (χ4n) is 3.98. The standard InChI is InChI=1S/C23H31N5O2/c1-23(2,3)28-20(13-19(26-28)17-6-7-17)22(30)27-11-8-18(9-12-27)21(29)25-15-16-5-4-10-24-14-16/h4-5,10,13-14,17-18H,6-9,11-12,15H2,1-3H3,(H,25,29). The summed E-state index contributed by atoms with van der Waals surface area (Å²) >= 11 is 0. The van der Waals surface area contributed by atoms with Gasteiger partial charge < -0.3 is 10.2 Å². The summed E-state index contributed by atoms with van der Waals surface area (Å²) < 4.78 is 1.88. The molecule has 1 N–H and O–H groups in total. The number of pyridine rings is 1. The van der Waals surface area contributed by atoms with Gasteiger partial charge in [-0.15, -0.1) is 0 Å². The number of nitrogens with zero attached hydrogens (tertiary/aromatic N) is 4. The molecule has 2 amide bonds. The van der Waals surface area contributed by atoms with Gasteiger partial charge in [-0.2, -0.15) is 5.10 Å². The van der Waals surface area contributed by atoms with E-state index < -0.39 is 0 Å². The Morgan fingerprint density at radius 3 is 2.50 bits per heavy atom. The third kappa shape index (κ3) is 4.55. The molecule has 7 heteroatoms. The van der Waals surface area contributed by atoms with Crippen molar-refractivity contribution in [2.75, 3.05) is 13.1 Å². The van der Waals surface area contributed by atoms with E-state index in [0.29, 0.717) is 44.1 Å². The third-order valence-corrected chi connectivity index (χ3v) is 5.92. The van der Waals surface area contributed by atoms with E-state index in [-0.39, 0.29) is 23.3 Å². The summed E-state index contributed by atoms with van der Waals surface area (Å²) in [5.74, 6) is 0.537. The minimum absolute atomic E-state index is 0.0264. The Kier molecular flexibility index (Phi) is 5.62. The number of piperidine rings is 1. The first kappa shape index (κ1) is 20.6. The Labute approximate surface area is 177 Å². The highest BCUT2D eigenvalue weighted by Crippen LogP contribution is 2.40. The fraction of sp³-hybridized carbons (Fsp3) is 0.565. The quantitative estimate of drug-likeness (QED) is 0.823. The Bertz CT molecular complexity index is 903. The molecule has 1 saturated heterocycles. The van der Waals surface area contributed by atoms with Gasteiger partial charge in [0.2, 0.25) is 5.91 Å². The molecule has 2 aliphatic rings. The summed E-state index contributed by atoms with van der Waals surface area (Å²) in [4.78, 5) is 31.8. The molecule has 0 atom stereocenters. The highest BCUT2D eigenvalue weighted by Gasteiger charge is 2.34.